The molecule has 4 nitrogen and oxygen atoms in total. The van der Waals surface area contributed by atoms with E-state index < -0.39 is 11.5 Å². The number of carbonyl (C=O) groups is 1. The number of carboxylic acids is 1. The molecule has 1 N–H and O–H groups in total. The monoisotopic (exact) mass is 528 g/mol. The summed E-state index contributed by atoms with van der Waals surface area (Å²) in [4.78, 5) is 14.5. The molecule has 0 saturated heterocycles. The van der Waals surface area contributed by atoms with Gasteiger partial charge in [0.2, 0.25) is 0 Å². The number of unbranched alkanes of at least 4 members (excludes halogenated alkanes) is 6. The van der Waals surface area contributed by atoms with Crippen LogP contribution in [0.15, 0.2) is 116 Å². The lowest BCUT2D eigenvalue weighted by molar-refractivity contribution is -0.137. The van der Waals surface area contributed by atoms with Crippen molar-refractivity contribution in [2.45, 2.75) is 56.9 Å². The van der Waals surface area contributed by atoms with Crippen LogP contribution in [0.1, 0.15) is 68.1 Å². The summed E-state index contributed by atoms with van der Waals surface area (Å²) in [5.41, 5.74) is 2.70. The van der Waals surface area contributed by atoms with Crippen LogP contribution in [0, 0.1) is 0 Å². The van der Waals surface area contributed by atoms with Crippen molar-refractivity contribution < 1.29 is 9.90 Å². The summed E-state index contributed by atoms with van der Waals surface area (Å²) < 4.78 is 2.12. The summed E-state index contributed by atoms with van der Waals surface area (Å²) in [6, 6.07) is 28.8. The average Bonchev–Trinajstić information content (AvgIpc) is 3.48. The molecule has 0 saturated carbocycles. The minimum atomic E-state index is -0.674. The first-order valence-electron chi connectivity index (χ1n) is 13.3. The number of nitrogens with zero attached hydrogens (tertiary/aromatic N) is 2. The Morgan fingerprint density at radius 3 is 1.92 bits per heavy atom. The van der Waals surface area contributed by atoms with Gasteiger partial charge in [0, 0.05) is 29.4 Å². The summed E-state index contributed by atoms with van der Waals surface area (Å²) in [6.07, 6.45) is 15.8. The molecule has 0 spiro atoms. The fourth-order valence-electron chi connectivity index (χ4n) is 4.76. The molecule has 4 rings (SSSR count). The standard InChI is InChI=1S/C22H17ClN2.C11H20O2/c23-21-14-8-7-13-20(21)22(25-16-15-24-17-25,18-9-3-1-4-10-18)19-11-5-2-6-12-19;1-2-3-4-5-6-7-8-9-10-11(12)13/h1-17H;2H,1,3-10H2,(H,12,13). The average molecular weight is 529 g/mol. The molecule has 0 bridgehead atoms. The zero-order valence-electron chi connectivity index (χ0n) is 21.9. The van der Waals surface area contributed by atoms with Gasteiger partial charge in [-0.25, -0.2) is 4.98 Å². The van der Waals surface area contributed by atoms with E-state index in [1.165, 1.54) is 25.7 Å². The molecule has 1 heterocycles. The van der Waals surface area contributed by atoms with Crippen molar-refractivity contribution in [3.8, 4) is 0 Å². The molecule has 0 unspecified atom stereocenters. The van der Waals surface area contributed by atoms with E-state index in [1.54, 1.807) is 6.20 Å². The number of hydrogen-bond acceptors (Lipinski definition) is 2. The first kappa shape index (κ1) is 28.9. The lowest BCUT2D eigenvalue weighted by Crippen LogP contribution is -2.37. The molecule has 0 atom stereocenters. The third kappa shape index (κ3) is 7.69. The van der Waals surface area contributed by atoms with Crippen molar-refractivity contribution in [1.29, 1.82) is 0 Å². The second-order valence-electron chi connectivity index (χ2n) is 9.23. The number of aliphatic carboxylic acids is 1. The smallest absolute Gasteiger partial charge is 0.303 e. The number of hydrogen-bond donors (Lipinski definition) is 1. The zero-order valence-corrected chi connectivity index (χ0v) is 22.6. The second kappa shape index (κ2) is 15.6. The Bertz CT molecular complexity index is 1180. The highest BCUT2D eigenvalue weighted by atomic mass is 35.5. The number of allylic oxidation sites excluding steroid dienone is 1. The third-order valence-electron chi connectivity index (χ3n) is 6.59. The molecular formula is C33H37ClN2O2. The number of halogens is 1. The van der Waals surface area contributed by atoms with Gasteiger partial charge in [-0.1, -0.05) is 122 Å². The van der Waals surface area contributed by atoms with Gasteiger partial charge in [-0.15, -0.1) is 6.58 Å². The van der Waals surface area contributed by atoms with Crippen LogP contribution >= 0.6 is 11.6 Å². The normalized spacial score (nSPS) is 10.9. The van der Waals surface area contributed by atoms with Gasteiger partial charge in [-0.2, -0.15) is 0 Å². The van der Waals surface area contributed by atoms with Crippen LogP contribution in [-0.4, -0.2) is 20.6 Å². The number of benzene rings is 3. The van der Waals surface area contributed by atoms with Crippen LogP contribution in [0.3, 0.4) is 0 Å². The van der Waals surface area contributed by atoms with E-state index in [0.29, 0.717) is 6.42 Å². The van der Waals surface area contributed by atoms with E-state index in [9.17, 15) is 4.79 Å². The quantitative estimate of drug-likeness (QED) is 0.107. The van der Waals surface area contributed by atoms with Crippen LogP contribution in [0.4, 0.5) is 0 Å². The molecule has 0 amide bonds. The van der Waals surface area contributed by atoms with Gasteiger partial charge in [0.05, 0.1) is 6.33 Å². The highest BCUT2D eigenvalue weighted by Gasteiger charge is 2.39. The lowest BCUT2D eigenvalue weighted by Gasteiger charge is -2.37. The number of imidazole rings is 1. The second-order valence-corrected chi connectivity index (χ2v) is 9.64. The maximum atomic E-state index is 10.2. The Labute approximate surface area is 231 Å². The number of aromatic nitrogens is 2. The Kier molecular flexibility index (Phi) is 11.9. The Hall–Kier alpha value is -3.63. The first-order chi connectivity index (χ1) is 18.6. The van der Waals surface area contributed by atoms with Crippen molar-refractivity contribution in [3.05, 3.63) is 138 Å². The zero-order chi connectivity index (χ0) is 27.1. The molecule has 5 heteroatoms. The summed E-state index contributed by atoms with van der Waals surface area (Å²) in [5.74, 6) is -0.674. The highest BCUT2D eigenvalue weighted by Crippen LogP contribution is 2.43. The summed E-state index contributed by atoms with van der Waals surface area (Å²) >= 11 is 6.69. The topological polar surface area (TPSA) is 55.1 Å². The summed E-state index contributed by atoms with van der Waals surface area (Å²) in [5, 5.41) is 9.10. The van der Waals surface area contributed by atoms with Gasteiger partial charge in [-0.05, 0) is 36.5 Å². The van der Waals surface area contributed by atoms with Crippen molar-refractivity contribution in [2.75, 3.05) is 0 Å². The van der Waals surface area contributed by atoms with Gasteiger partial charge in [-0.3, -0.25) is 4.79 Å². The van der Waals surface area contributed by atoms with Crippen LogP contribution in [0.2, 0.25) is 5.02 Å². The van der Waals surface area contributed by atoms with Gasteiger partial charge >= 0.3 is 5.97 Å². The van der Waals surface area contributed by atoms with Crippen molar-refractivity contribution >= 4 is 17.6 Å². The predicted molar refractivity (Wildman–Crippen MR) is 157 cm³/mol. The fraction of sp³-hybridized carbons (Fsp3) is 0.273. The molecule has 0 aliphatic heterocycles. The molecule has 0 radical (unpaired) electrons. The maximum Gasteiger partial charge on any atom is 0.303 e. The third-order valence-corrected chi connectivity index (χ3v) is 6.92. The van der Waals surface area contributed by atoms with Crippen LogP contribution in [-0.2, 0) is 10.3 Å². The van der Waals surface area contributed by atoms with E-state index in [0.717, 1.165) is 41.0 Å². The molecule has 38 heavy (non-hydrogen) atoms. The van der Waals surface area contributed by atoms with Gasteiger partial charge in [0.1, 0.15) is 5.54 Å². The minimum absolute atomic E-state index is 0.326. The minimum Gasteiger partial charge on any atom is -0.481 e. The van der Waals surface area contributed by atoms with E-state index >= 15 is 0 Å². The Morgan fingerprint density at radius 2 is 1.39 bits per heavy atom. The summed E-state index contributed by atoms with van der Waals surface area (Å²) in [6.45, 7) is 3.66. The van der Waals surface area contributed by atoms with E-state index in [1.807, 2.05) is 48.9 Å². The molecule has 1 aromatic heterocycles. The van der Waals surface area contributed by atoms with E-state index in [2.05, 4.69) is 70.7 Å². The van der Waals surface area contributed by atoms with Crippen molar-refractivity contribution in [3.63, 3.8) is 0 Å². The van der Waals surface area contributed by atoms with Crippen molar-refractivity contribution in [2.24, 2.45) is 0 Å². The van der Waals surface area contributed by atoms with Crippen LogP contribution < -0.4 is 0 Å². The van der Waals surface area contributed by atoms with E-state index in [-0.39, 0.29) is 0 Å². The van der Waals surface area contributed by atoms with Crippen LogP contribution in [0.5, 0.6) is 0 Å². The largest absolute Gasteiger partial charge is 0.481 e. The molecule has 198 valence electrons. The lowest BCUT2D eigenvalue weighted by atomic mass is 9.76. The SMILES string of the molecule is C=CCCCCCCCCC(=O)O.Clc1ccccc1C(c1ccccc1)(c1ccccc1)n1ccnc1. The van der Waals surface area contributed by atoms with Crippen LogP contribution in [0.25, 0.3) is 0 Å². The molecule has 0 fully saturated rings. The molecule has 3 aromatic carbocycles. The molecule has 0 aliphatic rings. The first-order valence-corrected chi connectivity index (χ1v) is 13.7. The molecule has 4 aromatic rings. The van der Waals surface area contributed by atoms with Gasteiger partial charge < -0.3 is 9.67 Å². The molecule has 0 aliphatic carbocycles. The number of rotatable bonds is 13. The van der Waals surface area contributed by atoms with E-state index in [4.69, 9.17) is 16.7 Å². The Morgan fingerprint density at radius 1 is 0.842 bits per heavy atom. The maximum absolute atomic E-state index is 10.2. The van der Waals surface area contributed by atoms with Crippen molar-refractivity contribution in [1.82, 2.24) is 9.55 Å². The Balaban J connectivity index is 0.000000263. The van der Waals surface area contributed by atoms with Gasteiger partial charge in [0.15, 0.2) is 0 Å². The van der Waals surface area contributed by atoms with Gasteiger partial charge in [0.25, 0.3) is 0 Å². The summed E-state index contributed by atoms with van der Waals surface area (Å²) in [7, 11) is 0. The highest BCUT2D eigenvalue weighted by molar-refractivity contribution is 6.31. The fourth-order valence-corrected chi connectivity index (χ4v) is 5.03. The molecular weight excluding hydrogens is 492 g/mol. The number of carboxylic acid groups (broad SMARTS) is 1. The predicted octanol–water partition coefficient (Wildman–Crippen LogP) is 8.75.